The summed E-state index contributed by atoms with van der Waals surface area (Å²) in [6.45, 7) is 2.12. The van der Waals surface area contributed by atoms with Gasteiger partial charge in [-0.05, 0) is 11.8 Å². The molecule has 3 rings (SSSR count). The number of benzene rings is 1. The second-order valence-corrected chi connectivity index (χ2v) is 4.87. The summed E-state index contributed by atoms with van der Waals surface area (Å²) in [7, 11) is 0. The zero-order chi connectivity index (χ0) is 14.7. The Hall–Kier alpha value is -2.53. The first-order chi connectivity index (χ1) is 10.3. The molecule has 0 saturated heterocycles. The molecule has 1 aromatic carbocycles. The van der Waals surface area contributed by atoms with E-state index >= 15 is 0 Å². The Morgan fingerprint density at radius 2 is 2.00 bits per heavy atom. The van der Waals surface area contributed by atoms with E-state index in [1.165, 1.54) is 0 Å². The number of pyridine rings is 1. The molecule has 0 amide bonds. The zero-order valence-corrected chi connectivity index (χ0v) is 11.9. The van der Waals surface area contributed by atoms with Crippen molar-refractivity contribution >= 4 is 16.6 Å². The number of nitrogens with two attached hydrogens (primary N) is 1. The highest BCUT2D eigenvalue weighted by atomic mass is 15.3. The number of hydrogen-bond acceptors (Lipinski definition) is 5. The summed E-state index contributed by atoms with van der Waals surface area (Å²) in [5, 5.41) is 2.16. The van der Waals surface area contributed by atoms with E-state index in [1.807, 2.05) is 30.5 Å². The van der Waals surface area contributed by atoms with Gasteiger partial charge in [-0.2, -0.15) is 0 Å². The number of nitrogen functional groups attached to an aromatic ring is 1. The topological polar surface area (TPSA) is 76.7 Å². The largest absolute Gasteiger partial charge is 0.308 e. The van der Waals surface area contributed by atoms with Gasteiger partial charge >= 0.3 is 0 Å². The van der Waals surface area contributed by atoms with Crippen molar-refractivity contribution in [2.24, 2.45) is 5.84 Å². The van der Waals surface area contributed by atoms with Crippen molar-refractivity contribution < 1.29 is 0 Å². The third-order valence-corrected chi connectivity index (χ3v) is 3.34. The van der Waals surface area contributed by atoms with E-state index in [9.17, 15) is 0 Å². The van der Waals surface area contributed by atoms with Crippen LogP contribution in [-0.4, -0.2) is 15.0 Å². The molecule has 2 heterocycles. The Kier molecular flexibility index (Phi) is 3.75. The van der Waals surface area contributed by atoms with Gasteiger partial charge in [0.05, 0.1) is 0 Å². The smallest absolute Gasteiger partial charge is 0.164 e. The van der Waals surface area contributed by atoms with Crippen LogP contribution in [-0.2, 0) is 6.42 Å². The number of aryl methyl sites for hydroxylation is 1. The molecule has 0 atom stereocenters. The Labute approximate surface area is 123 Å². The highest BCUT2D eigenvalue weighted by Gasteiger charge is 2.10. The van der Waals surface area contributed by atoms with Crippen LogP contribution in [0.2, 0.25) is 0 Å². The molecule has 3 aromatic rings. The van der Waals surface area contributed by atoms with Crippen molar-refractivity contribution in [2.45, 2.75) is 19.8 Å². The van der Waals surface area contributed by atoms with Crippen molar-refractivity contribution in [3.05, 3.63) is 48.4 Å². The van der Waals surface area contributed by atoms with Crippen LogP contribution in [0.15, 0.2) is 42.7 Å². The third kappa shape index (κ3) is 2.68. The summed E-state index contributed by atoms with van der Waals surface area (Å²) in [4.78, 5) is 13.4. The van der Waals surface area contributed by atoms with E-state index in [1.54, 1.807) is 6.20 Å². The van der Waals surface area contributed by atoms with Gasteiger partial charge in [0.15, 0.2) is 5.82 Å². The van der Waals surface area contributed by atoms with Crippen molar-refractivity contribution in [2.75, 3.05) is 5.43 Å². The summed E-state index contributed by atoms with van der Waals surface area (Å²) in [5.74, 6) is 6.79. The normalized spacial score (nSPS) is 10.8. The van der Waals surface area contributed by atoms with E-state index in [-0.39, 0.29) is 0 Å². The van der Waals surface area contributed by atoms with Crippen LogP contribution in [0.3, 0.4) is 0 Å². The monoisotopic (exact) mass is 279 g/mol. The molecule has 0 saturated carbocycles. The van der Waals surface area contributed by atoms with E-state index in [0.717, 1.165) is 34.9 Å². The predicted octanol–water partition coefficient (Wildman–Crippen LogP) is 2.93. The van der Waals surface area contributed by atoms with Crippen LogP contribution in [0.1, 0.15) is 19.0 Å². The van der Waals surface area contributed by atoms with Crippen LogP contribution >= 0.6 is 0 Å². The second kappa shape index (κ2) is 5.85. The quantitative estimate of drug-likeness (QED) is 0.567. The molecule has 5 nitrogen and oxygen atoms in total. The number of hydrogen-bond donors (Lipinski definition) is 2. The lowest BCUT2D eigenvalue weighted by Crippen LogP contribution is -2.10. The Morgan fingerprint density at radius 3 is 2.81 bits per heavy atom. The van der Waals surface area contributed by atoms with Gasteiger partial charge in [-0.25, -0.2) is 15.8 Å². The number of rotatable bonds is 4. The molecule has 0 aliphatic heterocycles. The minimum atomic E-state index is 0.622. The maximum atomic E-state index is 5.52. The fraction of sp³-hybridized carbons (Fsp3) is 0.188. The first-order valence-corrected chi connectivity index (χ1v) is 6.99. The molecule has 0 radical (unpaired) electrons. The van der Waals surface area contributed by atoms with Gasteiger partial charge in [0.1, 0.15) is 5.82 Å². The maximum absolute atomic E-state index is 5.52. The number of hydrazine groups is 1. The minimum Gasteiger partial charge on any atom is -0.308 e. The van der Waals surface area contributed by atoms with Gasteiger partial charge in [0.25, 0.3) is 0 Å². The Balaban J connectivity index is 2.20. The highest BCUT2D eigenvalue weighted by molar-refractivity contribution is 5.94. The lowest BCUT2D eigenvalue weighted by molar-refractivity contribution is 0.875. The molecule has 3 N–H and O–H groups in total. The maximum Gasteiger partial charge on any atom is 0.164 e. The molecule has 106 valence electrons. The van der Waals surface area contributed by atoms with Crippen molar-refractivity contribution in [3.8, 4) is 11.4 Å². The number of nitrogens with zero attached hydrogens (tertiary/aromatic N) is 3. The van der Waals surface area contributed by atoms with Crippen LogP contribution in [0.4, 0.5) is 5.82 Å². The van der Waals surface area contributed by atoms with E-state index < -0.39 is 0 Å². The van der Waals surface area contributed by atoms with Crippen LogP contribution in [0, 0.1) is 0 Å². The predicted molar refractivity (Wildman–Crippen MR) is 84.6 cm³/mol. The van der Waals surface area contributed by atoms with Gasteiger partial charge in [-0.1, -0.05) is 37.6 Å². The second-order valence-electron chi connectivity index (χ2n) is 4.87. The van der Waals surface area contributed by atoms with Crippen LogP contribution in [0.5, 0.6) is 0 Å². The molecule has 0 aliphatic rings. The van der Waals surface area contributed by atoms with Gasteiger partial charge in [-0.15, -0.1) is 0 Å². The van der Waals surface area contributed by atoms with E-state index in [4.69, 9.17) is 5.84 Å². The van der Waals surface area contributed by atoms with E-state index in [0.29, 0.717) is 11.6 Å². The number of anilines is 1. The molecule has 21 heavy (non-hydrogen) atoms. The van der Waals surface area contributed by atoms with Crippen LogP contribution in [0.25, 0.3) is 22.2 Å². The summed E-state index contributed by atoms with van der Waals surface area (Å²) < 4.78 is 0. The molecule has 0 spiro atoms. The van der Waals surface area contributed by atoms with Crippen molar-refractivity contribution in [3.63, 3.8) is 0 Å². The average molecular weight is 279 g/mol. The standard InChI is InChI=1S/C16H17N5/c1-2-5-12-8-15(21-17)20-16(19-12)14-10-18-9-11-6-3-4-7-13(11)14/h3-4,6-10H,2,5,17H2,1H3,(H,19,20,21). The van der Waals surface area contributed by atoms with Crippen molar-refractivity contribution in [1.29, 1.82) is 0 Å². The molecule has 2 aromatic heterocycles. The Morgan fingerprint density at radius 1 is 1.14 bits per heavy atom. The number of aromatic nitrogens is 3. The minimum absolute atomic E-state index is 0.622. The summed E-state index contributed by atoms with van der Waals surface area (Å²) in [6.07, 6.45) is 5.56. The van der Waals surface area contributed by atoms with Gasteiger partial charge in [0, 0.05) is 35.1 Å². The Bertz CT molecular complexity index is 764. The number of nitrogens with one attached hydrogen (secondary N) is 1. The van der Waals surface area contributed by atoms with Gasteiger partial charge in [-0.3, -0.25) is 4.98 Å². The molecule has 0 unspecified atom stereocenters. The van der Waals surface area contributed by atoms with Crippen molar-refractivity contribution in [1.82, 2.24) is 15.0 Å². The summed E-state index contributed by atoms with van der Waals surface area (Å²) in [6, 6.07) is 9.96. The zero-order valence-electron chi connectivity index (χ0n) is 11.9. The first-order valence-electron chi connectivity index (χ1n) is 6.99. The third-order valence-electron chi connectivity index (χ3n) is 3.34. The molecule has 0 fully saturated rings. The lowest BCUT2D eigenvalue weighted by Gasteiger charge is -2.09. The first kappa shape index (κ1) is 13.5. The molecular weight excluding hydrogens is 262 g/mol. The summed E-state index contributed by atoms with van der Waals surface area (Å²) >= 11 is 0. The fourth-order valence-electron chi connectivity index (χ4n) is 2.37. The fourth-order valence-corrected chi connectivity index (χ4v) is 2.37. The van der Waals surface area contributed by atoms with Gasteiger partial charge in [0.2, 0.25) is 0 Å². The molecule has 5 heteroatoms. The molecular formula is C16H17N5. The highest BCUT2D eigenvalue weighted by Crippen LogP contribution is 2.26. The summed E-state index contributed by atoms with van der Waals surface area (Å²) in [5.41, 5.74) is 4.51. The average Bonchev–Trinajstić information content (AvgIpc) is 2.54. The van der Waals surface area contributed by atoms with E-state index in [2.05, 4.69) is 33.4 Å². The molecule has 0 aliphatic carbocycles. The van der Waals surface area contributed by atoms with Crippen LogP contribution < -0.4 is 11.3 Å². The lowest BCUT2D eigenvalue weighted by atomic mass is 10.1. The van der Waals surface area contributed by atoms with Gasteiger partial charge < -0.3 is 5.43 Å². The molecule has 0 bridgehead atoms. The number of fused-ring (bicyclic) bond motifs is 1. The SMILES string of the molecule is CCCc1cc(NN)nc(-c2cncc3ccccc23)n1.